The van der Waals surface area contributed by atoms with Crippen LogP contribution in [0.5, 0.6) is 0 Å². The number of rotatable bonds is 1. The smallest absolute Gasteiger partial charge is 0.310 e. The Morgan fingerprint density at radius 2 is 2.46 bits per heavy atom. The number of allylic oxidation sites excluding steroid dienone is 2. The van der Waals surface area contributed by atoms with E-state index >= 15 is 0 Å². The summed E-state index contributed by atoms with van der Waals surface area (Å²) in [4.78, 5) is 14.9. The first-order valence-electron chi connectivity index (χ1n) is 4.41. The van der Waals surface area contributed by atoms with E-state index in [1.54, 1.807) is 12.3 Å². The minimum Gasteiger partial charge on any atom is -0.481 e. The van der Waals surface area contributed by atoms with Gasteiger partial charge < -0.3 is 5.11 Å². The van der Waals surface area contributed by atoms with Gasteiger partial charge in [0.1, 0.15) is 0 Å². The Labute approximate surface area is 76.5 Å². The number of hydrogen-bond acceptors (Lipinski definition) is 2. The minimum absolute atomic E-state index is 0.316. The Bertz CT molecular complexity index is 315. The summed E-state index contributed by atoms with van der Waals surface area (Å²) in [5.74, 6) is -0.739. The lowest BCUT2D eigenvalue weighted by Crippen LogP contribution is -2.25. The maximum atomic E-state index is 10.7. The van der Waals surface area contributed by atoms with E-state index in [9.17, 15) is 4.79 Å². The van der Waals surface area contributed by atoms with Crippen molar-refractivity contribution in [3.63, 3.8) is 0 Å². The Hall–Kier alpha value is -1.38. The van der Waals surface area contributed by atoms with Crippen LogP contribution in [0.15, 0.2) is 29.4 Å². The van der Waals surface area contributed by atoms with Gasteiger partial charge in [-0.2, -0.15) is 0 Å². The van der Waals surface area contributed by atoms with Gasteiger partial charge in [-0.25, -0.2) is 0 Å². The maximum Gasteiger partial charge on any atom is 0.310 e. The number of aliphatic imine (C=N–C) groups is 1. The Balaban J connectivity index is 2.19. The number of carbonyl (C=O) groups is 1. The van der Waals surface area contributed by atoms with E-state index in [0.29, 0.717) is 12.3 Å². The molecule has 0 spiro atoms. The average Bonchev–Trinajstić information content (AvgIpc) is 2.17. The lowest BCUT2D eigenvalue weighted by Gasteiger charge is -2.24. The fourth-order valence-corrected chi connectivity index (χ4v) is 1.77. The van der Waals surface area contributed by atoms with Crippen molar-refractivity contribution < 1.29 is 9.90 Å². The van der Waals surface area contributed by atoms with Crippen LogP contribution in [-0.4, -0.2) is 16.8 Å². The maximum absolute atomic E-state index is 10.7. The molecule has 1 aliphatic carbocycles. The molecule has 2 rings (SSSR count). The third-order valence-corrected chi connectivity index (χ3v) is 2.52. The molecule has 0 fully saturated rings. The highest BCUT2D eigenvalue weighted by Gasteiger charge is 2.26. The van der Waals surface area contributed by atoms with Gasteiger partial charge in [0, 0.05) is 17.8 Å². The Morgan fingerprint density at radius 1 is 1.62 bits per heavy atom. The molecule has 0 amide bonds. The van der Waals surface area contributed by atoms with Crippen molar-refractivity contribution in [1.29, 1.82) is 0 Å². The molecule has 1 aliphatic heterocycles. The van der Waals surface area contributed by atoms with Crippen LogP contribution in [0.25, 0.3) is 0 Å². The molecule has 0 bridgehead atoms. The zero-order valence-corrected chi connectivity index (χ0v) is 7.18. The molecule has 68 valence electrons. The summed E-state index contributed by atoms with van der Waals surface area (Å²) in [6.45, 7) is 0. The van der Waals surface area contributed by atoms with Crippen molar-refractivity contribution in [3.8, 4) is 0 Å². The summed E-state index contributed by atoms with van der Waals surface area (Å²) in [6, 6.07) is 0. The van der Waals surface area contributed by atoms with E-state index in [4.69, 9.17) is 5.11 Å². The van der Waals surface area contributed by atoms with Gasteiger partial charge in [-0.3, -0.25) is 9.79 Å². The molecule has 3 nitrogen and oxygen atoms in total. The third-order valence-electron chi connectivity index (χ3n) is 2.52. The Kier molecular flexibility index (Phi) is 2.00. The molecule has 13 heavy (non-hydrogen) atoms. The standard InChI is InChI=1S/C10H11NO2/c12-10(13)8-3-4-9-7(6-8)2-1-5-11-9/h1,3-5,7-8H,2,6H2,(H,12,13). The van der Waals surface area contributed by atoms with Gasteiger partial charge in [0.05, 0.1) is 5.92 Å². The predicted molar refractivity (Wildman–Crippen MR) is 49.6 cm³/mol. The fraction of sp³-hybridized carbons (Fsp3) is 0.400. The van der Waals surface area contributed by atoms with Crippen molar-refractivity contribution in [3.05, 3.63) is 24.4 Å². The normalized spacial score (nSPS) is 30.9. The highest BCUT2D eigenvalue weighted by atomic mass is 16.4. The van der Waals surface area contributed by atoms with Gasteiger partial charge in [0.15, 0.2) is 0 Å². The van der Waals surface area contributed by atoms with E-state index in [1.807, 2.05) is 12.2 Å². The SMILES string of the molecule is O=C(O)C1C=CC2=NC=CCC2C1. The summed E-state index contributed by atoms with van der Waals surface area (Å²) in [5.41, 5.74) is 1.03. The van der Waals surface area contributed by atoms with Gasteiger partial charge in [0.2, 0.25) is 0 Å². The molecule has 0 radical (unpaired) electrons. The van der Waals surface area contributed by atoms with Gasteiger partial charge in [0.25, 0.3) is 0 Å². The number of carboxylic acids is 1. The second kappa shape index (κ2) is 3.17. The molecule has 0 aromatic carbocycles. The van der Waals surface area contributed by atoms with E-state index in [1.165, 1.54) is 0 Å². The van der Waals surface area contributed by atoms with Crippen LogP contribution in [0.2, 0.25) is 0 Å². The summed E-state index contributed by atoms with van der Waals surface area (Å²) in [7, 11) is 0. The molecule has 0 aromatic rings. The van der Waals surface area contributed by atoms with Crippen LogP contribution in [0.4, 0.5) is 0 Å². The Morgan fingerprint density at radius 3 is 3.23 bits per heavy atom. The van der Waals surface area contributed by atoms with E-state index in [-0.39, 0.29) is 5.92 Å². The third kappa shape index (κ3) is 1.54. The molecule has 0 saturated carbocycles. The lowest BCUT2D eigenvalue weighted by atomic mass is 9.82. The molecule has 2 aliphatic rings. The fourth-order valence-electron chi connectivity index (χ4n) is 1.77. The number of hydrogen-bond donors (Lipinski definition) is 1. The van der Waals surface area contributed by atoms with Crippen molar-refractivity contribution in [2.45, 2.75) is 12.8 Å². The van der Waals surface area contributed by atoms with Crippen LogP contribution < -0.4 is 0 Å². The van der Waals surface area contributed by atoms with Crippen LogP contribution in [0.3, 0.4) is 0 Å². The number of aliphatic carboxylic acids is 1. The number of nitrogens with zero attached hydrogens (tertiary/aromatic N) is 1. The van der Waals surface area contributed by atoms with Gasteiger partial charge in [-0.05, 0) is 18.9 Å². The average molecular weight is 177 g/mol. The largest absolute Gasteiger partial charge is 0.481 e. The van der Waals surface area contributed by atoms with Gasteiger partial charge >= 0.3 is 5.97 Å². The number of fused-ring (bicyclic) bond motifs is 1. The molecule has 3 heteroatoms. The summed E-state index contributed by atoms with van der Waals surface area (Å²) >= 11 is 0. The molecule has 2 unspecified atom stereocenters. The van der Waals surface area contributed by atoms with Gasteiger partial charge in [-0.15, -0.1) is 0 Å². The zero-order valence-electron chi connectivity index (χ0n) is 7.18. The van der Waals surface area contributed by atoms with Crippen LogP contribution in [0, 0.1) is 11.8 Å². The van der Waals surface area contributed by atoms with Crippen molar-refractivity contribution >= 4 is 11.7 Å². The van der Waals surface area contributed by atoms with E-state index < -0.39 is 5.97 Å². The first-order chi connectivity index (χ1) is 6.27. The van der Waals surface area contributed by atoms with Crippen molar-refractivity contribution in [2.24, 2.45) is 16.8 Å². The monoisotopic (exact) mass is 177 g/mol. The molecule has 0 saturated heterocycles. The topological polar surface area (TPSA) is 49.7 Å². The summed E-state index contributed by atoms with van der Waals surface area (Å²) in [5, 5.41) is 8.82. The lowest BCUT2D eigenvalue weighted by molar-refractivity contribution is -0.140. The van der Waals surface area contributed by atoms with Gasteiger partial charge in [-0.1, -0.05) is 12.2 Å². The highest BCUT2D eigenvalue weighted by molar-refractivity contribution is 5.99. The summed E-state index contributed by atoms with van der Waals surface area (Å²) in [6.07, 6.45) is 8.97. The second-order valence-electron chi connectivity index (χ2n) is 3.41. The first-order valence-corrected chi connectivity index (χ1v) is 4.41. The van der Waals surface area contributed by atoms with Crippen molar-refractivity contribution in [1.82, 2.24) is 0 Å². The summed E-state index contributed by atoms with van der Waals surface area (Å²) < 4.78 is 0. The van der Waals surface area contributed by atoms with Crippen LogP contribution in [-0.2, 0) is 4.79 Å². The molecule has 1 N–H and O–H groups in total. The molecular weight excluding hydrogens is 166 g/mol. The number of carboxylic acid groups (broad SMARTS) is 1. The highest BCUT2D eigenvalue weighted by Crippen LogP contribution is 2.27. The second-order valence-corrected chi connectivity index (χ2v) is 3.41. The van der Waals surface area contributed by atoms with E-state index in [0.717, 1.165) is 12.1 Å². The predicted octanol–water partition coefficient (Wildman–Crippen LogP) is 1.62. The van der Waals surface area contributed by atoms with Crippen LogP contribution in [0.1, 0.15) is 12.8 Å². The molecule has 2 atom stereocenters. The van der Waals surface area contributed by atoms with E-state index in [2.05, 4.69) is 4.99 Å². The van der Waals surface area contributed by atoms with Crippen LogP contribution >= 0.6 is 0 Å². The van der Waals surface area contributed by atoms with Crippen molar-refractivity contribution in [2.75, 3.05) is 0 Å². The quantitative estimate of drug-likeness (QED) is 0.661. The molecular formula is C10H11NO2. The zero-order chi connectivity index (χ0) is 9.26. The first kappa shape index (κ1) is 8.23. The minimum atomic E-state index is -0.732. The molecule has 0 aromatic heterocycles. The molecule has 1 heterocycles.